The predicted octanol–water partition coefficient (Wildman–Crippen LogP) is 2.06. The summed E-state index contributed by atoms with van der Waals surface area (Å²) in [5, 5.41) is 11.4. The summed E-state index contributed by atoms with van der Waals surface area (Å²) in [6.07, 6.45) is -1.14. The average molecular weight is 265 g/mol. The van der Waals surface area contributed by atoms with Gasteiger partial charge in [0.05, 0.1) is 0 Å². The van der Waals surface area contributed by atoms with Gasteiger partial charge in [0, 0.05) is 12.5 Å². The molecule has 1 unspecified atom stereocenters. The number of alkyl carbamates (subject to hydrolysis) is 1. The van der Waals surface area contributed by atoms with E-state index in [4.69, 9.17) is 9.84 Å². The third-order valence-electron chi connectivity index (χ3n) is 2.61. The van der Waals surface area contributed by atoms with Crippen molar-refractivity contribution in [2.24, 2.45) is 5.92 Å². The number of ether oxygens (including phenoxy) is 1. The number of nitrogens with one attached hydrogen (secondary N) is 1. The minimum absolute atomic E-state index is 0.266. The van der Waals surface area contributed by atoms with Gasteiger partial charge in [-0.15, -0.1) is 0 Å². The molecule has 19 heavy (non-hydrogen) atoms. The highest BCUT2D eigenvalue weighted by atomic mass is 16.6. The van der Waals surface area contributed by atoms with Crippen LogP contribution >= 0.6 is 0 Å². The molecule has 1 rings (SSSR count). The number of hydrogen-bond acceptors (Lipinski definition) is 3. The molecule has 0 aliphatic heterocycles. The van der Waals surface area contributed by atoms with Crippen LogP contribution in [0.5, 0.6) is 0 Å². The van der Waals surface area contributed by atoms with Crippen LogP contribution in [0.2, 0.25) is 0 Å². The van der Waals surface area contributed by atoms with E-state index in [0.717, 1.165) is 5.56 Å². The zero-order valence-corrected chi connectivity index (χ0v) is 11.1. The van der Waals surface area contributed by atoms with E-state index in [2.05, 4.69) is 5.32 Å². The van der Waals surface area contributed by atoms with Crippen molar-refractivity contribution >= 4 is 12.1 Å². The third-order valence-corrected chi connectivity index (χ3v) is 2.61. The summed E-state index contributed by atoms with van der Waals surface area (Å²) in [7, 11) is 0. The summed E-state index contributed by atoms with van der Waals surface area (Å²) in [5.74, 6) is -1.40. The van der Waals surface area contributed by atoms with E-state index >= 15 is 0 Å². The van der Waals surface area contributed by atoms with Gasteiger partial charge in [-0.05, 0) is 12.0 Å². The molecule has 1 aromatic rings. The van der Waals surface area contributed by atoms with E-state index < -0.39 is 18.2 Å². The average Bonchev–Trinajstić information content (AvgIpc) is 2.36. The first kappa shape index (κ1) is 15.0. The lowest BCUT2D eigenvalue weighted by molar-refractivity contribution is -0.149. The molecule has 0 aliphatic rings. The second-order valence-electron chi connectivity index (χ2n) is 4.57. The van der Waals surface area contributed by atoms with Gasteiger partial charge in [0.2, 0.25) is 6.10 Å². The third kappa shape index (κ3) is 5.42. The largest absolute Gasteiger partial charge is 0.478 e. The summed E-state index contributed by atoms with van der Waals surface area (Å²) in [6.45, 7) is 3.79. The van der Waals surface area contributed by atoms with Gasteiger partial charge in [-0.3, -0.25) is 0 Å². The Hall–Kier alpha value is -2.04. The fraction of sp³-hybridized carbons (Fsp3) is 0.429. The molecular formula is C14H19NO4. The Morgan fingerprint density at radius 2 is 1.89 bits per heavy atom. The van der Waals surface area contributed by atoms with Crippen LogP contribution in [-0.4, -0.2) is 29.8 Å². The van der Waals surface area contributed by atoms with Crippen molar-refractivity contribution in [2.75, 3.05) is 6.54 Å². The molecule has 104 valence electrons. The number of carbonyl (C=O) groups is 2. The van der Waals surface area contributed by atoms with Crippen molar-refractivity contribution in [3.8, 4) is 0 Å². The lowest BCUT2D eigenvalue weighted by Crippen LogP contribution is -2.37. The van der Waals surface area contributed by atoms with Crippen molar-refractivity contribution in [1.82, 2.24) is 5.32 Å². The number of rotatable bonds is 6. The quantitative estimate of drug-likeness (QED) is 0.825. The van der Waals surface area contributed by atoms with Crippen LogP contribution in [0.4, 0.5) is 4.79 Å². The summed E-state index contributed by atoms with van der Waals surface area (Å²) in [5.41, 5.74) is 1.10. The standard InChI is InChI=1S/C14H19NO4/c1-10(2)12(13(16)17)19-14(18)15-9-8-11-6-4-3-5-7-11/h3-7,10,12H,8-9H2,1-2H3,(H,15,18)(H,16,17). The fourth-order valence-corrected chi connectivity index (χ4v) is 1.58. The molecule has 0 saturated heterocycles. The van der Waals surface area contributed by atoms with Gasteiger partial charge >= 0.3 is 12.1 Å². The Morgan fingerprint density at radius 1 is 1.26 bits per heavy atom. The molecule has 2 N–H and O–H groups in total. The number of amides is 1. The van der Waals surface area contributed by atoms with Crippen molar-refractivity contribution in [2.45, 2.75) is 26.4 Å². The SMILES string of the molecule is CC(C)C(OC(=O)NCCc1ccccc1)C(=O)O. The maximum absolute atomic E-state index is 11.5. The first-order valence-corrected chi connectivity index (χ1v) is 6.22. The van der Waals surface area contributed by atoms with Gasteiger partial charge in [-0.2, -0.15) is 0 Å². The highest BCUT2D eigenvalue weighted by molar-refractivity contribution is 5.77. The number of hydrogen-bond donors (Lipinski definition) is 2. The van der Waals surface area contributed by atoms with E-state index in [1.165, 1.54) is 0 Å². The van der Waals surface area contributed by atoms with Gasteiger partial charge in [0.25, 0.3) is 0 Å². The summed E-state index contributed by atoms with van der Waals surface area (Å²) >= 11 is 0. The van der Waals surface area contributed by atoms with E-state index in [9.17, 15) is 9.59 Å². The molecule has 0 aliphatic carbocycles. The van der Waals surface area contributed by atoms with Gasteiger partial charge < -0.3 is 15.2 Å². The first-order chi connectivity index (χ1) is 9.00. The second kappa shape index (κ2) is 7.41. The lowest BCUT2D eigenvalue weighted by atomic mass is 10.1. The van der Waals surface area contributed by atoms with Crippen LogP contribution in [0.3, 0.4) is 0 Å². The van der Waals surface area contributed by atoms with Crippen molar-refractivity contribution < 1.29 is 19.4 Å². The van der Waals surface area contributed by atoms with Gasteiger partial charge in [0.1, 0.15) is 0 Å². The number of benzene rings is 1. The number of carboxylic acid groups (broad SMARTS) is 1. The maximum Gasteiger partial charge on any atom is 0.408 e. The number of carboxylic acids is 1. The van der Waals surface area contributed by atoms with Crippen molar-refractivity contribution in [3.05, 3.63) is 35.9 Å². The molecule has 0 bridgehead atoms. The van der Waals surface area contributed by atoms with Crippen LogP contribution in [-0.2, 0) is 16.0 Å². The minimum Gasteiger partial charge on any atom is -0.478 e. The van der Waals surface area contributed by atoms with E-state index in [1.807, 2.05) is 30.3 Å². The molecule has 5 nitrogen and oxygen atoms in total. The normalized spacial score (nSPS) is 11.9. The molecule has 1 amide bonds. The van der Waals surface area contributed by atoms with Crippen LogP contribution in [0.25, 0.3) is 0 Å². The van der Waals surface area contributed by atoms with E-state index in [1.54, 1.807) is 13.8 Å². The maximum atomic E-state index is 11.5. The zero-order valence-electron chi connectivity index (χ0n) is 11.1. The molecule has 1 aromatic carbocycles. The number of carbonyl (C=O) groups excluding carboxylic acids is 1. The zero-order chi connectivity index (χ0) is 14.3. The minimum atomic E-state index is -1.13. The predicted molar refractivity (Wildman–Crippen MR) is 70.9 cm³/mol. The van der Waals surface area contributed by atoms with E-state index in [-0.39, 0.29) is 5.92 Å². The topological polar surface area (TPSA) is 75.6 Å². The summed E-state index contributed by atoms with van der Waals surface area (Å²) in [6, 6.07) is 9.69. The Balaban J connectivity index is 2.33. The lowest BCUT2D eigenvalue weighted by Gasteiger charge is -2.17. The number of aliphatic carboxylic acids is 1. The van der Waals surface area contributed by atoms with Crippen molar-refractivity contribution in [1.29, 1.82) is 0 Å². The Kier molecular flexibility index (Phi) is 5.85. The molecule has 0 saturated carbocycles. The van der Waals surface area contributed by atoms with E-state index in [0.29, 0.717) is 13.0 Å². The van der Waals surface area contributed by atoms with Crippen molar-refractivity contribution in [3.63, 3.8) is 0 Å². The van der Waals surface area contributed by atoms with Crippen LogP contribution in [0.15, 0.2) is 30.3 Å². The summed E-state index contributed by atoms with van der Waals surface area (Å²) in [4.78, 5) is 22.3. The fourth-order valence-electron chi connectivity index (χ4n) is 1.58. The molecular weight excluding hydrogens is 246 g/mol. The van der Waals surface area contributed by atoms with Gasteiger partial charge in [-0.25, -0.2) is 9.59 Å². The molecule has 0 heterocycles. The molecule has 5 heteroatoms. The Labute approximate surface area is 112 Å². The smallest absolute Gasteiger partial charge is 0.408 e. The van der Waals surface area contributed by atoms with Crippen LogP contribution in [0.1, 0.15) is 19.4 Å². The molecule has 0 aromatic heterocycles. The molecule has 0 radical (unpaired) electrons. The van der Waals surface area contributed by atoms with Gasteiger partial charge in [0.15, 0.2) is 0 Å². The summed E-state index contributed by atoms with van der Waals surface area (Å²) < 4.78 is 4.86. The van der Waals surface area contributed by atoms with Crippen LogP contribution in [0, 0.1) is 5.92 Å². The molecule has 0 spiro atoms. The van der Waals surface area contributed by atoms with Crippen LogP contribution < -0.4 is 5.32 Å². The Bertz CT molecular complexity index is 417. The molecule has 1 atom stereocenters. The highest BCUT2D eigenvalue weighted by Crippen LogP contribution is 2.07. The molecule has 0 fully saturated rings. The monoisotopic (exact) mass is 265 g/mol. The second-order valence-corrected chi connectivity index (χ2v) is 4.57. The Morgan fingerprint density at radius 3 is 2.42 bits per heavy atom. The highest BCUT2D eigenvalue weighted by Gasteiger charge is 2.25. The first-order valence-electron chi connectivity index (χ1n) is 6.22. The van der Waals surface area contributed by atoms with Gasteiger partial charge in [-0.1, -0.05) is 44.2 Å².